The number of hydrogen-bond acceptors (Lipinski definition) is 3. The fourth-order valence-corrected chi connectivity index (χ4v) is 4.26. The van der Waals surface area contributed by atoms with Crippen LogP contribution in [0.5, 0.6) is 0 Å². The first-order chi connectivity index (χ1) is 9.92. The van der Waals surface area contributed by atoms with Crippen molar-refractivity contribution >= 4 is 13.8 Å². The quantitative estimate of drug-likeness (QED) is 0.602. The molecule has 0 amide bonds. The summed E-state index contributed by atoms with van der Waals surface area (Å²) in [5.41, 5.74) is 1.25. The van der Waals surface area contributed by atoms with Gasteiger partial charge in [-0.05, 0) is 12.3 Å². The highest BCUT2D eigenvalue weighted by Gasteiger charge is 2.35. The fourth-order valence-electron chi connectivity index (χ4n) is 2.64. The normalized spacial score (nSPS) is 21.7. The number of rotatable bonds is 5. The molecule has 2 rings (SSSR count). The van der Waals surface area contributed by atoms with Gasteiger partial charge < -0.3 is 4.52 Å². The smallest absolute Gasteiger partial charge is 0.199 e. The molecule has 1 aromatic carbocycles. The first-order valence-corrected chi connectivity index (χ1v) is 8.42. The van der Waals surface area contributed by atoms with E-state index in [1.165, 1.54) is 0 Å². The molecule has 21 heavy (non-hydrogen) atoms. The summed E-state index contributed by atoms with van der Waals surface area (Å²) in [5, 5.41) is 0. The van der Waals surface area contributed by atoms with Crippen LogP contribution in [0.25, 0.3) is 0 Å². The van der Waals surface area contributed by atoms with Crippen molar-refractivity contribution in [3.8, 4) is 0 Å². The van der Waals surface area contributed by atoms with Gasteiger partial charge in [0.2, 0.25) is 0 Å². The lowest BCUT2D eigenvalue weighted by Crippen LogP contribution is -2.28. The van der Waals surface area contributed by atoms with E-state index < -0.39 is 8.03 Å². The maximum absolute atomic E-state index is 12.5. The Kier molecular flexibility index (Phi) is 4.97. The van der Waals surface area contributed by atoms with Crippen LogP contribution in [0, 0.1) is 5.41 Å². The lowest BCUT2D eigenvalue weighted by Gasteiger charge is -2.33. The first-order valence-electron chi connectivity index (χ1n) is 7.03. The highest BCUT2D eigenvalue weighted by molar-refractivity contribution is 7.40. The van der Waals surface area contributed by atoms with Crippen molar-refractivity contribution in [2.24, 2.45) is 5.41 Å². The monoisotopic (exact) mass is 304 g/mol. The molecule has 0 spiro atoms. The third-order valence-electron chi connectivity index (χ3n) is 3.76. The van der Waals surface area contributed by atoms with Crippen molar-refractivity contribution in [1.82, 2.24) is 0 Å². The zero-order valence-corrected chi connectivity index (χ0v) is 13.6. The first kappa shape index (κ1) is 15.9. The molecule has 0 bridgehead atoms. The Bertz CT molecular complexity index is 600. The Morgan fingerprint density at radius 3 is 2.57 bits per heavy atom. The van der Waals surface area contributed by atoms with Crippen LogP contribution in [-0.2, 0) is 9.09 Å². The summed E-state index contributed by atoms with van der Waals surface area (Å²) in [6.07, 6.45) is 5.98. The van der Waals surface area contributed by atoms with Crippen LogP contribution in [0.4, 0.5) is 0 Å². The van der Waals surface area contributed by atoms with Gasteiger partial charge in [0.15, 0.2) is 13.8 Å². The minimum absolute atomic E-state index is 0.134. The number of benzene rings is 1. The molecule has 1 aliphatic carbocycles. The molecule has 0 N–H and O–H groups in total. The van der Waals surface area contributed by atoms with Gasteiger partial charge in [-0.2, -0.15) is 0 Å². The average Bonchev–Trinajstić information content (AvgIpc) is 2.44. The van der Waals surface area contributed by atoms with Crippen LogP contribution in [0.3, 0.4) is 0 Å². The molecule has 0 aromatic heterocycles. The molecule has 0 saturated heterocycles. The molecule has 0 heterocycles. The SMILES string of the molecule is CC1=CC=CC(C)(C)C1[PH](=O)OCC(=O)c1ccccc1. The lowest BCUT2D eigenvalue weighted by atomic mass is 9.82. The van der Waals surface area contributed by atoms with Crippen LogP contribution in [-0.4, -0.2) is 18.0 Å². The van der Waals surface area contributed by atoms with E-state index in [1.807, 2.05) is 45.1 Å². The zero-order chi connectivity index (χ0) is 15.5. The number of Topliss-reactive ketones (excluding diaryl/α,β-unsaturated/α-hetero) is 1. The Hall–Kier alpha value is -1.44. The molecular formula is C17H21O3P. The van der Waals surface area contributed by atoms with Gasteiger partial charge >= 0.3 is 0 Å². The molecule has 2 unspecified atom stereocenters. The summed E-state index contributed by atoms with van der Waals surface area (Å²) in [6, 6.07) is 8.94. The second-order valence-electron chi connectivity index (χ2n) is 5.92. The fraction of sp³-hybridized carbons (Fsp3) is 0.353. The maximum Gasteiger partial charge on any atom is 0.199 e. The van der Waals surface area contributed by atoms with Gasteiger partial charge in [0.25, 0.3) is 0 Å². The van der Waals surface area contributed by atoms with Crippen molar-refractivity contribution in [1.29, 1.82) is 0 Å². The molecule has 1 aliphatic rings. The average molecular weight is 304 g/mol. The summed E-state index contributed by atoms with van der Waals surface area (Å²) in [6.45, 7) is 5.90. The van der Waals surface area contributed by atoms with Crippen molar-refractivity contribution in [3.05, 3.63) is 59.7 Å². The number of ketones is 1. The predicted octanol–water partition coefficient (Wildman–Crippen LogP) is 4.27. The highest BCUT2D eigenvalue weighted by atomic mass is 31.1. The Labute approximate surface area is 126 Å². The van der Waals surface area contributed by atoms with Crippen molar-refractivity contribution < 1.29 is 13.9 Å². The van der Waals surface area contributed by atoms with Crippen LogP contribution in [0.1, 0.15) is 31.1 Å². The van der Waals surface area contributed by atoms with Crippen LogP contribution in [0.2, 0.25) is 0 Å². The Balaban J connectivity index is 2.01. The molecule has 4 heteroatoms. The summed E-state index contributed by atoms with van der Waals surface area (Å²) >= 11 is 0. The van der Waals surface area contributed by atoms with Crippen LogP contribution < -0.4 is 0 Å². The molecular weight excluding hydrogens is 283 g/mol. The number of carbonyl (C=O) groups is 1. The van der Waals surface area contributed by atoms with Gasteiger partial charge in [-0.1, -0.05) is 68.0 Å². The summed E-state index contributed by atoms with van der Waals surface area (Å²) in [5.74, 6) is -0.139. The second-order valence-corrected chi connectivity index (χ2v) is 7.43. The topological polar surface area (TPSA) is 43.4 Å². The van der Waals surface area contributed by atoms with E-state index in [1.54, 1.807) is 24.3 Å². The Morgan fingerprint density at radius 2 is 1.95 bits per heavy atom. The molecule has 2 atom stereocenters. The van der Waals surface area contributed by atoms with Crippen molar-refractivity contribution in [2.45, 2.75) is 26.4 Å². The standard InChI is InChI=1S/C17H21O3P/c1-13-8-7-11-17(2,3)16(13)21(19)20-12-15(18)14-9-5-4-6-10-14/h4-11,16,21H,12H2,1-3H3. The van der Waals surface area contributed by atoms with E-state index in [-0.39, 0.29) is 23.5 Å². The van der Waals surface area contributed by atoms with E-state index in [2.05, 4.69) is 0 Å². The molecule has 112 valence electrons. The maximum atomic E-state index is 12.5. The molecule has 3 nitrogen and oxygen atoms in total. The number of carbonyl (C=O) groups excluding carboxylic acids is 1. The van der Waals surface area contributed by atoms with Crippen molar-refractivity contribution in [3.63, 3.8) is 0 Å². The number of hydrogen-bond donors (Lipinski definition) is 0. The van der Waals surface area contributed by atoms with Gasteiger partial charge in [-0.3, -0.25) is 9.36 Å². The van der Waals surface area contributed by atoms with Gasteiger partial charge in [0.1, 0.15) is 6.61 Å². The summed E-state index contributed by atoms with van der Waals surface area (Å²) < 4.78 is 17.9. The van der Waals surface area contributed by atoms with E-state index >= 15 is 0 Å². The van der Waals surface area contributed by atoms with Gasteiger partial charge in [-0.15, -0.1) is 0 Å². The van der Waals surface area contributed by atoms with E-state index in [4.69, 9.17) is 4.52 Å². The minimum Gasteiger partial charge on any atom is -0.322 e. The largest absolute Gasteiger partial charge is 0.322 e. The summed E-state index contributed by atoms with van der Waals surface area (Å²) in [4.78, 5) is 12.0. The molecule has 1 aromatic rings. The third kappa shape index (κ3) is 3.81. The van der Waals surface area contributed by atoms with Crippen LogP contribution in [0.15, 0.2) is 54.1 Å². The molecule has 0 radical (unpaired) electrons. The molecule has 0 saturated carbocycles. The van der Waals surface area contributed by atoms with Crippen LogP contribution >= 0.6 is 8.03 Å². The molecule has 0 fully saturated rings. The molecule has 0 aliphatic heterocycles. The predicted molar refractivity (Wildman–Crippen MR) is 86.2 cm³/mol. The summed E-state index contributed by atoms with van der Waals surface area (Å²) in [7, 11) is -2.34. The Morgan fingerprint density at radius 1 is 1.29 bits per heavy atom. The van der Waals surface area contributed by atoms with E-state index in [0.29, 0.717) is 5.56 Å². The second kappa shape index (κ2) is 6.55. The lowest BCUT2D eigenvalue weighted by molar-refractivity contribution is 0.0924. The number of allylic oxidation sites excluding steroid dienone is 4. The van der Waals surface area contributed by atoms with Gasteiger partial charge in [-0.25, -0.2) is 0 Å². The van der Waals surface area contributed by atoms with Crippen molar-refractivity contribution in [2.75, 3.05) is 6.61 Å². The highest BCUT2D eigenvalue weighted by Crippen LogP contribution is 2.47. The van der Waals surface area contributed by atoms with E-state index in [0.717, 1.165) is 5.57 Å². The zero-order valence-electron chi connectivity index (χ0n) is 12.6. The minimum atomic E-state index is -2.34. The van der Waals surface area contributed by atoms with E-state index in [9.17, 15) is 9.36 Å². The van der Waals surface area contributed by atoms with Gasteiger partial charge in [0.05, 0.1) is 5.66 Å². The third-order valence-corrected chi connectivity index (χ3v) is 5.86. The van der Waals surface area contributed by atoms with Gasteiger partial charge in [0, 0.05) is 5.56 Å².